The first kappa shape index (κ1) is 17.6. The number of sulfone groups is 1. The summed E-state index contributed by atoms with van der Waals surface area (Å²) in [5, 5.41) is 5.11. The lowest BCUT2D eigenvalue weighted by Crippen LogP contribution is -2.43. The highest BCUT2D eigenvalue weighted by atomic mass is 32.2. The molecule has 2 N–H and O–H groups in total. The number of carbonyl (C=O) groups excluding carboxylic acids is 1. The molecular weight excluding hydrogens is 330 g/mol. The summed E-state index contributed by atoms with van der Waals surface area (Å²) in [6.07, 6.45) is 1.72. The Labute approximate surface area is 133 Å². The maximum atomic E-state index is 12.5. The smallest absolute Gasteiger partial charge is 0.341 e. The Bertz CT molecular complexity index is 660. The highest BCUT2D eigenvalue weighted by Crippen LogP contribution is 2.21. The van der Waals surface area contributed by atoms with Crippen molar-refractivity contribution in [3.8, 4) is 0 Å². The predicted molar refractivity (Wildman–Crippen MR) is 80.2 cm³/mol. The minimum absolute atomic E-state index is 0.0636. The molecule has 1 aliphatic heterocycles. The van der Waals surface area contributed by atoms with Crippen molar-refractivity contribution < 1.29 is 26.7 Å². The van der Waals surface area contributed by atoms with E-state index in [1.807, 2.05) is 0 Å². The summed E-state index contributed by atoms with van der Waals surface area (Å²) in [6, 6.07) is 3.98. The number of benzene rings is 1. The van der Waals surface area contributed by atoms with Gasteiger partial charge in [-0.05, 0) is 38.0 Å². The molecule has 1 heterocycles. The molecule has 1 fully saturated rings. The molecule has 2 amide bonds. The Morgan fingerprint density at radius 2 is 2.13 bits per heavy atom. The SMILES string of the molecule is C[C@H](NC(=O)Nc1cccc(S(=O)(=O)C(F)F)c1)[C@@H]1CCCO1. The average molecular weight is 348 g/mol. The van der Waals surface area contributed by atoms with Crippen LogP contribution in [-0.4, -0.2) is 39.0 Å². The Morgan fingerprint density at radius 1 is 1.39 bits per heavy atom. The molecule has 0 unspecified atom stereocenters. The number of carbonyl (C=O) groups is 1. The molecule has 2 rings (SSSR count). The van der Waals surface area contributed by atoms with Gasteiger partial charge in [-0.1, -0.05) is 6.07 Å². The number of hydrogen-bond donors (Lipinski definition) is 2. The fourth-order valence-electron chi connectivity index (χ4n) is 2.32. The van der Waals surface area contributed by atoms with Crippen molar-refractivity contribution in [2.75, 3.05) is 11.9 Å². The van der Waals surface area contributed by atoms with Gasteiger partial charge in [0.1, 0.15) is 0 Å². The van der Waals surface area contributed by atoms with Crippen molar-refractivity contribution in [3.05, 3.63) is 24.3 Å². The molecule has 0 bridgehead atoms. The summed E-state index contributed by atoms with van der Waals surface area (Å²) in [5.74, 6) is -3.51. The van der Waals surface area contributed by atoms with Gasteiger partial charge in [0.05, 0.1) is 17.0 Å². The fourth-order valence-corrected chi connectivity index (χ4v) is 3.08. The van der Waals surface area contributed by atoms with E-state index in [0.29, 0.717) is 6.61 Å². The number of hydrogen-bond acceptors (Lipinski definition) is 4. The lowest BCUT2D eigenvalue weighted by atomic mass is 10.1. The molecule has 0 spiro atoms. The monoisotopic (exact) mass is 348 g/mol. The molecule has 0 aromatic heterocycles. The molecule has 128 valence electrons. The van der Waals surface area contributed by atoms with Crippen molar-refractivity contribution in [1.82, 2.24) is 5.32 Å². The van der Waals surface area contributed by atoms with Crippen LogP contribution in [0.4, 0.5) is 19.3 Å². The van der Waals surface area contributed by atoms with Gasteiger partial charge in [0.2, 0.25) is 9.84 Å². The lowest BCUT2D eigenvalue weighted by Gasteiger charge is -2.20. The molecular formula is C14H18F2N2O4S. The standard InChI is InChI=1S/C14H18F2N2O4S/c1-9(12-6-3-7-22-12)17-14(19)18-10-4-2-5-11(8-10)23(20,21)13(15)16/h2,4-5,8-9,12-13H,3,6-7H2,1H3,(H2,17,18,19)/t9-,12-/m0/s1. The van der Waals surface area contributed by atoms with E-state index in [1.165, 1.54) is 12.1 Å². The molecule has 1 aromatic rings. The van der Waals surface area contributed by atoms with E-state index in [1.54, 1.807) is 6.92 Å². The molecule has 2 atom stereocenters. The molecule has 9 heteroatoms. The number of nitrogens with one attached hydrogen (secondary N) is 2. The number of ether oxygens (including phenoxy) is 1. The van der Waals surface area contributed by atoms with Crippen LogP contribution in [0, 0.1) is 0 Å². The molecule has 1 aliphatic rings. The number of alkyl halides is 2. The molecule has 0 saturated carbocycles. The number of urea groups is 1. The van der Waals surface area contributed by atoms with Crippen LogP contribution in [0.1, 0.15) is 19.8 Å². The highest BCUT2D eigenvalue weighted by Gasteiger charge is 2.27. The Kier molecular flexibility index (Phi) is 5.53. The van der Waals surface area contributed by atoms with Gasteiger partial charge in [0, 0.05) is 12.3 Å². The van der Waals surface area contributed by atoms with E-state index >= 15 is 0 Å². The molecule has 23 heavy (non-hydrogen) atoms. The summed E-state index contributed by atoms with van der Waals surface area (Å²) in [5.41, 5.74) is 0.115. The average Bonchev–Trinajstić information content (AvgIpc) is 3.01. The second-order valence-electron chi connectivity index (χ2n) is 5.27. The van der Waals surface area contributed by atoms with Gasteiger partial charge in [-0.15, -0.1) is 0 Å². The lowest BCUT2D eigenvalue weighted by molar-refractivity contribution is 0.0868. The molecule has 0 radical (unpaired) electrons. The summed E-state index contributed by atoms with van der Waals surface area (Å²) in [6.45, 7) is 2.46. The van der Waals surface area contributed by atoms with Crippen LogP contribution in [0.15, 0.2) is 29.2 Å². The van der Waals surface area contributed by atoms with Gasteiger partial charge in [0.25, 0.3) is 0 Å². The van der Waals surface area contributed by atoms with Crippen molar-refractivity contribution in [2.24, 2.45) is 0 Å². The fraction of sp³-hybridized carbons (Fsp3) is 0.500. The van der Waals surface area contributed by atoms with Crippen LogP contribution in [0.3, 0.4) is 0 Å². The van der Waals surface area contributed by atoms with Crippen LogP contribution < -0.4 is 10.6 Å². The van der Waals surface area contributed by atoms with Crippen LogP contribution >= 0.6 is 0 Å². The van der Waals surface area contributed by atoms with Gasteiger partial charge in [-0.25, -0.2) is 13.2 Å². The summed E-state index contributed by atoms with van der Waals surface area (Å²) in [7, 11) is -4.70. The van der Waals surface area contributed by atoms with Gasteiger partial charge < -0.3 is 15.4 Å². The number of amides is 2. The van der Waals surface area contributed by atoms with Crippen LogP contribution in [0.2, 0.25) is 0 Å². The van der Waals surface area contributed by atoms with Crippen LogP contribution in [0.5, 0.6) is 0 Å². The molecule has 0 aliphatic carbocycles. The third kappa shape index (κ3) is 4.38. The second kappa shape index (κ2) is 7.22. The van der Waals surface area contributed by atoms with Crippen molar-refractivity contribution in [1.29, 1.82) is 0 Å². The van der Waals surface area contributed by atoms with Gasteiger partial charge >= 0.3 is 11.8 Å². The largest absolute Gasteiger partial charge is 0.376 e. The van der Waals surface area contributed by atoms with E-state index in [4.69, 9.17) is 4.74 Å². The Morgan fingerprint density at radius 3 is 2.74 bits per heavy atom. The quantitative estimate of drug-likeness (QED) is 0.856. The van der Waals surface area contributed by atoms with Gasteiger partial charge in [-0.2, -0.15) is 8.78 Å². The summed E-state index contributed by atoms with van der Waals surface area (Å²) >= 11 is 0. The third-order valence-electron chi connectivity index (χ3n) is 3.54. The Balaban J connectivity index is 2.01. The topological polar surface area (TPSA) is 84.5 Å². The Hall–Kier alpha value is -1.74. The van der Waals surface area contributed by atoms with Crippen molar-refractivity contribution in [3.63, 3.8) is 0 Å². The van der Waals surface area contributed by atoms with Crippen LogP contribution in [0.25, 0.3) is 0 Å². The first-order valence-electron chi connectivity index (χ1n) is 7.12. The first-order chi connectivity index (χ1) is 10.8. The van der Waals surface area contributed by atoms with Crippen molar-refractivity contribution in [2.45, 2.75) is 42.6 Å². The zero-order valence-corrected chi connectivity index (χ0v) is 13.3. The molecule has 6 nitrogen and oxygen atoms in total. The van der Waals surface area contributed by atoms with E-state index in [-0.39, 0.29) is 17.8 Å². The van der Waals surface area contributed by atoms with E-state index < -0.39 is 26.5 Å². The second-order valence-corrected chi connectivity index (χ2v) is 7.19. The normalized spacial score (nSPS) is 19.6. The van der Waals surface area contributed by atoms with Gasteiger partial charge in [0.15, 0.2) is 0 Å². The summed E-state index contributed by atoms with van der Waals surface area (Å²) < 4.78 is 53.4. The highest BCUT2D eigenvalue weighted by molar-refractivity contribution is 7.91. The molecule has 1 saturated heterocycles. The van der Waals surface area contributed by atoms with E-state index in [2.05, 4.69) is 10.6 Å². The maximum Gasteiger partial charge on any atom is 0.341 e. The van der Waals surface area contributed by atoms with Gasteiger partial charge in [-0.3, -0.25) is 0 Å². The number of anilines is 1. The zero-order chi connectivity index (χ0) is 17.0. The maximum absolute atomic E-state index is 12.5. The third-order valence-corrected chi connectivity index (χ3v) is 4.92. The minimum Gasteiger partial charge on any atom is -0.376 e. The van der Waals surface area contributed by atoms with E-state index in [9.17, 15) is 22.0 Å². The first-order valence-corrected chi connectivity index (χ1v) is 8.66. The predicted octanol–water partition coefficient (Wildman–Crippen LogP) is 2.37. The number of rotatable bonds is 5. The van der Waals surface area contributed by atoms with E-state index in [0.717, 1.165) is 25.0 Å². The zero-order valence-electron chi connectivity index (χ0n) is 12.5. The minimum atomic E-state index is -4.70. The van der Waals surface area contributed by atoms with Crippen molar-refractivity contribution >= 4 is 21.6 Å². The van der Waals surface area contributed by atoms with Crippen LogP contribution in [-0.2, 0) is 14.6 Å². The molecule has 1 aromatic carbocycles. The number of halogens is 2. The summed E-state index contributed by atoms with van der Waals surface area (Å²) in [4.78, 5) is 11.4.